The Hall–Kier alpha value is -2.53. The van der Waals surface area contributed by atoms with E-state index in [2.05, 4.69) is 10.2 Å². The first-order chi connectivity index (χ1) is 12.7. The van der Waals surface area contributed by atoms with Crippen LogP contribution in [-0.2, 0) is 4.79 Å². The third-order valence-electron chi connectivity index (χ3n) is 5.27. The predicted molar refractivity (Wildman–Crippen MR) is 104 cm³/mol. The maximum absolute atomic E-state index is 12.7. The van der Waals surface area contributed by atoms with Crippen LogP contribution in [0.2, 0.25) is 0 Å². The Bertz CT molecular complexity index is 941. The molecule has 0 radical (unpaired) electrons. The van der Waals surface area contributed by atoms with Crippen molar-refractivity contribution >= 4 is 33.5 Å². The highest BCUT2D eigenvalue weighted by molar-refractivity contribution is 6.08. The quantitative estimate of drug-likeness (QED) is 0.756. The molecule has 0 aliphatic carbocycles. The van der Waals surface area contributed by atoms with E-state index in [1.54, 1.807) is 7.11 Å². The van der Waals surface area contributed by atoms with Gasteiger partial charge in [0.1, 0.15) is 16.9 Å². The molecule has 1 aromatic heterocycles. The van der Waals surface area contributed by atoms with Crippen molar-refractivity contribution in [3.63, 3.8) is 0 Å². The molecule has 0 unspecified atom stereocenters. The van der Waals surface area contributed by atoms with Gasteiger partial charge in [0.05, 0.1) is 18.8 Å². The Kier molecular flexibility index (Phi) is 4.55. The van der Waals surface area contributed by atoms with Gasteiger partial charge in [-0.25, -0.2) is 0 Å². The van der Waals surface area contributed by atoms with Crippen LogP contribution in [0.3, 0.4) is 0 Å². The average Bonchev–Trinajstić information content (AvgIpc) is 3.04. The molecular weight excluding hydrogens is 328 g/mol. The minimum atomic E-state index is -0.161. The van der Waals surface area contributed by atoms with Gasteiger partial charge in [-0.1, -0.05) is 24.6 Å². The summed E-state index contributed by atoms with van der Waals surface area (Å²) in [6.07, 6.45) is 3.57. The van der Waals surface area contributed by atoms with E-state index in [9.17, 15) is 4.79 Å². The van der Waals surface area contributed by atoms with E-state index in [1.165, 1.54) is 6.42 Å². The number of ether oxygens (including phenoxy) is 1. The fourth-order valence-corrected chi connectivity index (χ4v) is 3.73. The Morgan fingerprint density at radius 2 is 1.88 bits per heavy atom. The van der Waals surface area contributed by atoms with Crippen LogP contribution in [0.25, 0.3) is 21.9 Å². The fourth-order valence-electron chi connectivity index (χ4n) is 3.73. The molecule has 0 spiro atoms. The molecule has 136 valence electrons. The largest absolute Gasteiger partial charge is 0.495 e. The summed E-state index contributed by atoms with van der Waals surface area (Å²) < 4.78 is 11.5. The Morgan fingerprint density at radius 1 is 1.12 bits per heavy atom. The van der Waals surface area contributed by atoms with Crippen LogP contribution >= 0.6 is 0 Å². The molecule has 0 saturated carbocycles. The van der Waals surface area contributed by atoms with Crippen molar-refractivity contribution in [3.8, 4) is 5.75 Å². The number of amides is 1. The number of fused-ring (bicyclic) bond motifs is 3. The molecule has 4 rings (SSSR count). The smallest absolute Gasteiger partial charge is 0.241 e. The van der Waals surface area contributed by atoms with Crippen molar-refractivity contribution < 1.29 is 13.9 Å². The van der Waals surface area contributed by atoms with Crippen LogP contribution in [0.1, 0.15) is 26.2 Å². The summed E-state index contributed by atoms with van der Waals surface area (Å²) in [4.78, 5) is 15.0. The standard InChI is InChI=1S/C21H24N2O3/c1-14(23-10-6-3-7-11-23)21(24)22-17-13-19-16(12-20(17)25-2)15-8-4-5-9-18(15)26-19/h4-5,8-9,12-14H,3,6-7,10-11H2,1-2H3,(H,22,24)/t14-/m1/s1. The van der Waals surface area contributed by atoms with Crippen LogP contribution in [0, 0.1) is 0 Å². The fraction of sp³-hybridized carbons (Fsp3) is 0.381. The SMILES string of the molecule is COc1cc2c(cc1NC(=O)[C@@H](C)N1CCCCC1)oc1ccccc12. The van der Waals surface area contributed by atoms with E-state index < -0.39 is 0 Å². The zero-order chi connectivity index (χ0) is 18.1. The highest BCUT2D eigenvalue weighted by atomic mass is 16.5. The molecule has 0 bridgehead atoms. The molecule has 2 aromatic carbocycles. The highest BCUT2D eigenvalue weighted by Crippen LogP contribution is 2.36. The second kappa shape index (κ2) is 7.00. The molecule has 5 nitrogen and oxygen atoms in total. The van der Waals surface area contributed by atoms with Gasteiger partial charge in [-0.3, -0.25) is 9.69 Å². The molecule has 2 heterocycles. The number of furan rings is 1. The summed E-state index contributed by atoms with van der Waals surface area (Å²) in [5.74, 6) is 0.629. The van der Waals surface area contributed by atoms with Gasteiger partial charge in [-0.2, -0.15) is 0 Å². The Balaban J connectivity index is 1.64. The Morgan fingerprint density at radius 3 is 2.65 bits per heavy atom. The molecular formula is C21H24N2O3. The van der Waals surface area contributed by atoms with E-state index in [4.69, 9.17) is 9.15 Å². The molecule has 1 aliphatic rings. The van der Waals surface area contributed by atoms with Gasteiger partial charge in [0.15, 0.2) is 0 Å². The number of nitrogens with zero attached hydrogens (tertiary/aromatic N) is 1. The van der Waals surface area contributed by atoms with Gasteiger partial charge in [0.2, 0.25) is 5.91 Å². The van der Waals surface area contributed by atoms with Gasteiger partial charge in [-0.05, 0) is 45.0 Å². The van der Waals surface area contributed by atoms with Gasteiger partial charge in [0.25, 0.3) is 0 Å². The molecule has 1 fully saturated rings. The Labute approximate surface area is 152 Å². The number of carbonyl (C=O) groups excluding carboxylic acids is 1. The summed E-state index contributed by atoms with van der Waals surface area (Å²) in [6, 6.07) is 11.5. The van der Waals surface area contributed by atoms with Crippen molar-refractivity contribution in [2.45, 2.75) is 32.2 Å². The third kappa shape index (κ3) is 3.03. The second-order valence-corrected chi connectivity index (χ2v) is 6.91. The second-order valence-electron chi connectivity index (χ2n) is 6.91. The van der Waals surface area contributed by atoms with Crippen LogP contribution in [0.5, 0.6) is 5.75 Å². The lowest BCUT2D eigenvalue weighted by atomic mass is 10.1. The lowest BCUT2D eigenvalue weighted by Crippen LogP contribution is -2.44. The van der Waals surface area contributed by atoms with Crippen LogP contribution in [0.15, 0.2) is 40.8 Å². The number of hydrogen-bond donors (Lipinski definition) is 1. The topological polar surface area (TPSA) is 54.7 Å². The van der Waals surface area contributed by atoms with E-state index in [1.807, 2.05) is 43.3 Å². The van der Waals surface area contributed by atoms with Gasteiger partial charge >= 0.3 is 0 Å². The molecule has 5 heteroatoms. The van der Waals surface area contributed by atoms with Crippen LogP contribution < -0.4 is 10.1 Å². The van der Waals surface area contributed by atoms with E-state index >= 15 is 0 Å². The number of rotatable bonds is 4. The molecule has 1 saturated heterocycles. The first-order valence-corrected chi connectivity index (χ1v) is 9.21. The highest BCUT2D eigenvalue weighted by Gasteiger charge is 2.24. The minimum absolute atomic E-state index is 0.0133. The van der Waals surface area contributed by atoms with Crippen LogP contribution in [0.4, 0.5) is 5.69 Å². The van der Waals surface area contributed by atoms with E-state index in [0.717, 1.165) is 47.9 Å². The van der Waals surface area contributed by atoms with Crippen molar-refractivity contribution in [2.75, 3.05) is 25.5 Å². The third-order valence-corrected chi connectivity index (χ3v) is 5.27. The number of para-hydroxylation sites is 1. The molecule has 1 amide bonds. The summed E-state index contributed by atoms with van der Waals surface area (Å²) in [5, 5.41) is 5.06. The molecule has 1 N–H and O–H groups in total. The summed E-state index contributed by atoms with van der Waals surface area (Å²) in [6.45, 7) is 3.93. The zero-order valence-electron chi connectivity index (χ0n) is 15.2. The maximum Gasteiger partial charge on any atom is 0.241 e. The number of carbonyl (C=O) groups is 1. The predicted octanol–water partition coefficient (Wildman–Crippen LogP) is 4.41. The number of piperidine rings is 1. The zero-order valence-corrected chi connectivity index (χ0v) is 15.2. The first-order valence-electron chi connectivity index (χ1n) is 9.21. The molecule has 3 aromatic rings. The molecule has 1 aliphatic heterocycles. The number of methoxy groups -OCH3 is 1. The average molecular weight is 352 g/mol. The van der Waals surface area contributed by atoms with Crippen LogP contribution in [-0.4, -0.2) is 37.0 Å². The normalized spacial score (nSPS) is 16.7. The van der Waals surface area contributed by atoms with E-state index in [0.29, 0.717) is 11.4 Å². The molecule has 26 heavy (non-hydrogen) atoms. The van der Waals surface area contributed by atoms with E-state index in [-0.39, 0.29) is 11.9 Å². The van der Waals surface area contributed by atoms with Crippen molar-refractivity contribution in [1.29, 1.82) is 0 Å². The first kappa shape index (κ1) is 16.9. The lowest BCUT2D eigenvalue weighted by Gasteiger charge is -2.31. The summed E-state index contributed by atoms with van der Waals surface area (Å²) >= 11 is 0. The molecule has 1 atom stereocenters. The van der Waals surface area contributed by atoms with Crippen molar-refractivity contribution in [1.82, 2.24) is 4.90 Å². The van der Waals surface area contributed by atoms with Crippen molar-refractivity contribution in [3.05, 3.63) is 36.4 Å². The van der Waals surface area contributed by atoms with Crippen molar-refractivity contribution in [2.24, 2.45) is 0 Å². The van der Waals surface area contributed by atoms with Gasteiger partial charge < -0.3 is 14.5 Å². The summed E-state index contributed by atoms with van der Waals surface area (Å²) in [7, 11) is 1.62. The van der Waals surface area contributed by atoms with Gasteiger partial charge in [0, 0.05) is 16.8 Å². The monoisotopic (exact) mass is 352 g/mol. The minimum Gasteiger partial charge on any atom is -0.495 e. The number of benzene rings is 2. The maximum atomic E-state index is 12.7. The number of likely N-dealkylation sites (tertiary alicyclic amines) is 1. The number of hydrogen-bond acceptors (Lipinski definition) is 4. The van der Waals surface area contributed by atoms with Gasteiger partial charge in [-0.15, -0.1) is 0 Å². The lowest BCUT2D eigenvalue weighted by molar-refractivity contribution is -0.121. The number of anilines is 1. The summed E-state index contributed by atoms with van der Waals surface area (Å²) in [5.41, 5.74) is 2.22. The number of nitrogens with one attached hydrogen (secondary N) is 1.